The van der Waals surface area contributed by atoms with Gasteiger partial charge in [-0.05, 0) is 36.5 Å². The van der Waals surface area contributed by atoms with Crippen LogP contribution in [-0.4, -0.2) is 6.61 Å². The molecule has 0 aromatic heterocycles. The molecule has 20 heavy (non-hydrogen) atoms. The van der Waals surface area contributed by atoms with Gasteiger partial charge in [-0.1, -0.05) is 52.2 Å². The summed E-state index contributed by atoms with van der Waals surface area (Å²) < 4.78 is 5.68. The van der Waals surface area contributed by atoms with Crippen LogP contribution in [-0.2, 0) is 0 Å². The molecule has 1 unspecified atom stereocenters. The van der Waals surface area contributed by atoms with Gasteiger partial charge >= 0.3 is 0 Å². The molecule has 0 saturated heterocycles. The third-order valence-electron chi connectivity index (χ3n) is 3.52. The molecule has 0 aliphatic carbocycles. The second-order valence-electron chi connectivity index (χ2n) is 5.82. The van der Waals surface area contributed by atoms with Crippen molar-refractivity contribution >= 4 is 0 Å². The fraction of sp³-hybridized carbons (Fsp3) is 0.647. The van der Waals surface area contributed by atoms with Gasteiger partial charge in [0.1, 0.15) is 5.75 Å². The number of hydrogen-bond donors (Lipinski definition) is 2. The molecule has 0 aliphatic rings. The summed E-state index contributed by atoms with van der Waals surface area (Å²) in [5, 5.41) is 0. The van der Waals surface area contributed by atoms with Crippen molar-refractivity contribution in [1.29, 1.82) is 0 Å². The van der Waals surface area contributed by atoms with E-state index in [-0.39, 0.29) is 6.04 Å². The summed E-state index contributed by atoms with van der Waals surface area (Å²) in [4.78, 5) is 0. The average molecular weight is 278 g/mol. The Morgan fingerprint density at radius 3 is 2.35 bits per heavy atom. The predicted molar refractivity (Wildman–Crippen MR) is 85.6 cm³/mol. The summed E-state index contributed by atoms with van der Waals surface area (Å²) in [6.07, 6.45) is 5.78. The van der Waals surface area contributed by atoms with E-state index in [1.54, 1.807) is 0 Å². The highest BCUT2D eigenvalue weighted by atomic mass is 16.5. The SMILES string of the molecule is CCCCOc1ccc(C(CCCC(C)C)NN)cc1. The summed E-state index contributed by atoms with van der Waals surface area (Å²) in [5.41, 5.74) is 4.16. The largest absolute Gasteiger partial charge is 0.494 e. The third kappa shape index (κ3) is 6.40. The maximum absolute atomic E-state index is 5.68. The van der Waals surface area contributed by atoms with Crippen LogP contribution >= 0.6 is 0 Å². The first-order valence-electron chi connectivity index (χ1n) is 7.86. The molecule has 3 heteroatoms. The minimum atomic E-state index is 0.235. The Morgan fingerprint density at radius 1 is 1.10 bits per heavy atom. The fourth-order valence-corrected chi connectivity index (χ4v) is 2.21. The lowest BCUT2D eigenvalue weighted by atomic mass is 9.98. The van der Waals surface area contributed by atoms with Crippen LogP contribution in [0.1, 0.15) is 64.5 Å². The van der Waals surface area contributed by atoms with Gasteiger partial charge in [0.15, 0.2) is 0 Å². The Kier molecular flexibility index (Phi) is 8.31. The second kappa shape index (κ2) is 9.78. The Balaban J connectivity index is 2.47. The zero-order valence-electron chi connectivity index (χ0n) is 13.2. The van der Waals surface area contributed by atoms with Gasteiger partial charge in [-0.3, -0.25) is 11.3 Å². The van der Waals surface area contributed by atoms with Crippen LogP contribution in [0.3, 0.4) is 0 Å². The van der Waals surface area contributed by atoms with Crippen LogP contribution in [0, 0.1) is 5.92 Å². The van der Waals surface area contributed by atoms with Crippen molar-refractivity contribution < 1.29 is 4.74 Å². The predicted octanol–water partition coefficient (Wildman–Crippen LogP) is 4.20. The van der Waals surface area contributed by atoms with Gasteiger partial charge in [0, 0.05) is 6.04 Å². The molecule has 1 aromatic carbocycles. The molecule has 0 amide bonds. The lowest BCUT2D eigenvalue weighted by Crippen LogP contribution is -2.28. The molecule has 0 fully saturated rings. The van der Waals surface area contributed by atoms with Crippen molar-refractivity contribution in [3.8, 4) is 5.75 Å². The van der Waals surface area contributed by atoms with E-state index in [1.807, 2.05) is 12.1 Å². The Labute approximate surface area is 123 Å². The second-order valence-corrected chi connectivity index (χ2v) is 5.82. The van der Waals surface area contributed by atoms with E-state index in [0.717, 1.165) is 37.5 Å². The lowest BCUT2D eigenvalue weighted by Gasteiger charge is -2.17. The van der Waals surface area contributed by atoms with E-state index in [9.17, 15) is 0 Å². The highest BCUT2D eigenvalue weighted by molar-refractivity contribution is 5.29. The quantitative estimate of drug-likeness (QED) is 0.383. The summed E-state index contributed by atoms with van der Waals surface area (Å²) in [6.45, 7) is 7.48. The zero-order valence-corrected chi connectivity index (χ0v) is 13.2. The van der Waals surface area contributed by atoms with E-state index in [1.165, 1.54) is 18.4 Å². The number of hydrazine groups is 1. The molecular weight excluding hydrogens is 248 g/mol. The van der Waals surface area contributed by atoms with Crippen molar-refractivity contribution in [3.05, 3.63) is 29.8 Å². The van der Waals surface area contributed by atoms with Crippen molar-refractivity contribution in [2.45, 2.75) is 58.9 Å². The van der Waals surface area contributed by atoms with Crippen molar-refractivity contribution in [2.24, 2.45) is 11.8 Å². The maximum Gasteiger partial charge on any atom is 0.119 e. The maximum atomic E-state index is 5.68. The number of nitrogens with two attached hydrogens (primary N) is 1. The van der Waals surface area contributed by atoms with E-state index >= 15 is 0 Å². The number of unbranched alkanes of at least 4 members (excludes halogenated alkanes) is 1. The summed E-state index contributed by atoms with van der Waals surface area (Å²) in [6, 6.07) is 8.54. The first-order valence-corrected chi connectivity index (χ1v) is 7.86. The van der Waals surface area contributed by atoms with Gasteiger partial charge < -0.3 is 4.74 Å². The van der Waals surface area contributed by atoms with E-state index in [0.29, 0.717) is 0 Å². The molecule has 1 aromatic rings. The van der Waals surface area contributed by atoms with Crippen molar-refractivity contribution in [2.75, 3.05) is 6.61 Å². The van der Waals surface area contributed by atoms with Crippen molar-refractivity contribution in [1.82, 2.24) is 5.43 Å². The molecule has 1 atom stereocenters. The number of benzene rings is 1. The smallest absolute Gasteiger partial charge is 0.119 e. The number of nitrogens with one attached hydrogen (secondary N) is 1. The van der Waals surface area contributed by atoms with Crippen LogP contribution < -0.4 is 16.0 Å². The monoisotopic (exact) mass is 278 g/mol. The van der Waals surface area contributed by atoms with Gasteiger partial charge in [-0.15, -0.1) is 0 Å². The normalized spacial score (nSPS) is 12.7. The number of rotatable bonds is 10. The van der Waals surface area contributed by atoms with E-state index < -0.39 is 0 Å². The van der Waals surface area contributed by atoms with Gasteiger partial charge in [0.25, 0.3) is 0 Å². The Morgan fingerprint density at radius 2 is 1.80 bits per heavy atom. The minimum Gasteiger partial charge on any atom is -0.494 e. The van der Waals surface area contributed by atoms with Gasteiger partial charge in [0.05, 0.1) is 6.61 Å². The Bertz CT molecular complexity index is 349. The molecule has 0 bridgehead atoms. The van der Waals surface area contributed by atoms with Crippen LogP contribution in [0.25, 0.3) is 0 Å². The molecule has 0 radical (unpaired) electrons. The van der Waals surface area contributed by atoms with E-state index in [4.69, 9.17) is 10.6 Å². The molecule has 0 heterocycles. The molecule has 114 valence electrons. The standard InChI is InChI=1S/C17H30N2O/c1-4-5-13-20-16-11-9-15(10-12-16)17(19-18)8-6-7-14(2)3/h9-12,14,17,19H,4-8,13,18H2,1-3H3. The molecule has 0 saturated carbocycles. The van der Waals surface area contributed by atoms with Crippen LogP contribution in [0.15, 0.2) is 24.3 Å². The molecule has 3 N–H and O–H groups in total. The highest BCUT2D eigenvalue weighted by Gasteiger charge is 2.09. The third-order valence-corrected chi connectivity index (χ3v) is 3.52. The molecule has 0 aliphatic heterocycles. The minimum absolute atomic E-state index is 0.235. The highest BCUT2D eigenvalue weighted by Crippen LogP contribution is 2.22. The van der Waals surface area contributed by atoms with Crippen LogP contribution in [0.2, 0.25) is 0 Å². The van der Waals surface area contributed by atoms with E-state index in [2.05, 4.69) is 38.3 Å². The molecule has 1 rings (SSSR count). The van der Waals surface area contributed by atoms with Gasteiger partial charge in [-0.2, -0.15) is 0 Å². The number of hydrogen-bond acceptors (Lipinski definition) is 3. The van der Waals surface area contributed by atoms with Gasteiger partial charge in [-0.25, -0.2) is 0 Å². The van der Waals surface area contributed by atoms with Crippen molar-refractivity contribution in [3.63, 3.8) is 0 Å². The fourth-order valence-electron chi connectivity index (χ4n) is 2.21. The lowest BCUT2D eigenvalue weighted by molar-refractivity contribution is 0.309. The summed E-state index contributed by atoms with van der Waals surface area (Å²) in [5.74, 6) is 7.37. The van der Waals surface area contributed by atoms with Crippen LogP contribution in [0.4, 0.5) is 0 Å². The van der Waals surface area contributed by atoms with Gasteiger partial charge in [0.2, 0.25) is 0 Å². The Hall–Kier alpha value is -1.06. The molecule has 3 nitrogen and oxygen atoms in total. The average Bonchev–Trinajstić information content (AvgIpc) is 2.45. The summed E-state index contributed by atoms with van der Waals surface area (Å²) >= 11 is 0. The number of ether oxygens (including phenoxy) is 1. The molecular formula is C17H30N2O. The zero-order chi connectivity index (χ0) is 14.8. The topological polar surface area (TPSA) is 47.3 Å². The molecule has 0 spiro atoms. The first-order chi connectivity index (χ1) is 9.67. The van der Waals surface area contributed by atoms with Crippen LogP contribution in [0.5, 0.6) is 5.75 Å². The summed E-state index contributed by atoms with van der Waals surface area (Å²) in [7, 11) is 0. The first kappa shape index (κ1) is 17.0.